The summed E-state index contributed by atoms with van der Waals surface area (Å²) in [5.41, 5.74) is 9.46. The molecule has 1 amide bonds. The number of nitrogens with two attached hydrogens (primary N) is 1. The molecule has 0 saturated carbocycles. The summed E-state index contributed by atoms with van der Waals surface area (Å²) >= 11 is 1.49. The molecule has 0 atom stereocenters. The van der Waals surface area contributed by atoms with Gasteiger partial charge in [-0.25, -0.2) is 4.98 Å². The maximum absolute atomic E-state index is 11.9. The average Bonchev–Trinajstić information content (AvgIpc) is 2.81. The van der Waals surface area contributed by atoms with Crippen molar-refractivity contribution < 1.29 is 4.79 Å². The second kappa shape index (κ2) is 5.95. The van der Waals surface area contributed by atoms with E-state index in [2.05, 4.69) is 10.3 Å². The van der Waals surface area contributed by atoms with Crippen molar-refractivity contribution in [3.05, 3.63) is 45.4 Å². The van der Waals surface area contributed by atoms with Crippen molar-refractivity contribution in [2.24, 2.45) is 5.73 Å². The molecule has 0 saturated heterocycles. The van der Waals surface area contributed by atoms with E-state index in [1.165, 1.54) is 16.9 Å². The van der Waals surface area contributed by atoms with E-state index < -0.39 is 0 Å². The Balaban J connectivity index is 1.98. The molecule has 0 aliphatic carbocycles. The molecule has 1 aromatic carbocycles. The lowest BCUT2D eigenvalue weighted by atomic mass is 10.1. The van der Waals surface area contributed by atoms with Crippen LogP contribution in [-0.4, -0.2) is 10.9 Å². The predicted molar refractivity (Wildman–Crippen MR) is 78.3 cm³/mol. The van der Waals surface area contributed by atoms with Crippen molar-refractivity contribution in [1.82, 2.24) is 4.98 Å². The molecule has 3 N–H and O–H groups in total. The van der Waals surface area contributed by atoms with Crippen LogP contribution in [0.4, 0.5) is 5.69 Å². The van der Waals surface area contributed by atoms with Gasteiger partial charge < -0.3 is 11.1 Å². The standard InChI is InChI=1S/C14H17N3OS/c1-9-3-4-11(5-10(9)2)16-13(18)6-12-8-19-14(7-15)17-12/h3-5,8H,6-7,15H2,1-2H3,(H,16,18). The zero-order valence-corrected chi connectivity index (χ0v) is 11.9. The van der Waals surface area contributed by atoms with Crippen LogP contribution in [0.5, 0.6) is 0 Å². The fraction of sp³-hybridized carbons (Fsp3) is 0.286. The molecule has 0 aliphatic rings. The second-order valence-corrected chi connectivity index (χ2v) is 5.40. The van der Waals surface area contributed by atoms with Crippen LogP contribution in [-0.2, 0) is 17.8 Å². The molecular formula is C14H17N3OS. The summed E-state index contributed by atoms with van der Waals surface area (Å²) in [5, 5.41) is 5.61. The number of hydrogen-bond donors (Lipinski definition) is 2. The van der Waals surface area contributed by atoms with E-state index in [0.29, 0.717) is 6.54 Å². The van der Waals surface area contributed by atoms with Gasteiger partial charge in [-0.15, -0.1) is 11.3 Å². The highest BCUT2D eigenvalue weighted by Gasteiger charge is 2.08. The smallest absolute Gasteiger partial charge is 0.230 e. The summed E-state index contributed by atoms with van der Waals surface area (Å²) in [7, 11) is 0. The van der Waals surface area contributed by atoms with Crippen molar-refractivity contribution in [3.63, 3.8) is 0 Å². The average molecular weight is 275 g/mol. The van der Waals surface area contributed by atoms with Gasteiger partial charge in [0, 0.05) is 17.6 Å². The van der Waals surface area contributed by atoms with E-state index >= 15 is 0 Å². The minimum Gasteiger partial charge on any atom is -0.326 e. The molecule has 19 heavy (non-hydrogen) atoms. The topological polar surface area (TPSA) is 68.0 Å². The summed E-state index contributed by atoms with van der Waals surface area (Å²) < 4.78 is 0. The molecule has 0 bridgehead atoms. The largest absolute Gasteiger partial charge is 0.326 e. The fourth-order valence-electron chi connectivity index (χ4n) is 1.71. The van der Waals surface area contributed by atoms with Crippen molar-refractivity contribution >= 4 is 22.9 Å². The molecule has 0 aliphatic heterocycles. The van der Waals surface area contributed by atoms with Crippen LogP contribution in [0.25, 0.3) is 0 Å². The van der Waals surface area contributed by atoms with E-state index in [1.807, 2.05) is 37.4 Å². The van der Waals surface area contributed by atoms with Crippen LogP contribution >= 0.6 is 11.3 Å². The highest BCUT2D eigenvalue weighted by molar-refractivity contribution is 7.09. The maximum Gasteiger partial charge on any atom is 0.230 e. The second-order valence-electron chi connectivity index (χ2n) is 4.46. The highest BCUT2D eigenvalue weighted by atomic mass is 32.1. The zero-order chi connectivity index (χ0) is 13.8. The van der Waals surface area contributed by atoms with Crippen LogP contribution < -0.4 is 11.1 Å². The Morgan fingerprint density at radius 3 is 2.79 bits per heavy atom. The quantitative estimate of drug-likeness (QED) is 0.900. The molecule has 1 heterocycles. The third-order valence-electron chi connectivity index (χ3n) is 2.91. The molecule has 100 valence electrons. The van der Waals surface area contributed by atoms with E-state index in [-0.39, 0.29) is 12.3 Å². The Hall–Kier alpha value is -1.72. The monoisotopic (exact) mass is 275 g/mol. The Morgan fingerprint density at radius 2 is 2.16 bits per heavy atom. The Labute approximate surface area is 116 Å². The van der Waals surface area contributed by atoms with E-state index in [0.717, 1.165) is 22.0 Å². The highest BCUT2D eigenvalue weighted by Crippen LogP contribution is 2.15. The Kier molecular flexibility index (Phi) is 4.29. The lowest BCUT2D eigenvalue weighted by molar-refractivity contribution is -0.115. The molecule has 2 rings (SSSR count). The van der Waals surface area contributed by atoms with Gasteiger partial charge in [-0.2, -0.15) is 0 Å². The number of nitrogens with zero attached hydrogens (tertiary/aromatic N) is 1. The van der Waals surface area contributed by atoms with Crippen molar-refractivity contribution in [2.75, 3.05) is 5.32 Å². The van der Waals surface area contributed by atoms with E-state index in [9.17, 15) is 4.79 Å². The zero-order valence-electron chi connectivity index (χ0n) is 11.1. The van der Waals surface area contributed by atoms with E-state index in [4.69, 9.17) is 5.73 Å². The first-order valence-electron chi connectivity index (χ1n) is 6.09. The third kappa shape index (κ3) is 3.62. The van der Waals surface area contributed by atoms with Crippen molar-refractivity contribution in [2.45, 2.75) is 26.8 Å². The SMILES string of the molecule is Cc1ccc(NC(=O)Cc2csc(CN)n2)cc1C. The van der Waals surface area contributed by atoms with Gasteiger partial charge in [-0.1, -0.05) is 6.07 Å². The van der Waals surface area contributed by atoms with Crippen LogP contribution in [0.1, 0.15) is 21.8 Å². The van der Waals surface area contributed by atoms with Gasteiger partial charge in [0.15, 0.2) is 0 Å². The first-order chi connectivity index (χ1) is 9.08. The number of hydrogen-bond acceptors (Lipinski definition) is 4. The lowest BCUT2D eigenvalue weighted by Crippen LogP contribution is -2.14. The summed E-state index contributed by atoms with van der Waals surface area (Å²) in [4.78, 5) is 16.2. The molecule has 4 nitrogen and oxygen atoms in total. The molecule has 1 aromatic heterocycles. The van der Waals surface area contributed by atoms with Crippen molar-refractivity contribution in [3.8, 4) is 0 Å². The number of benzene rings is 1. The van der Waals surface area contributed by atoms with Crippen LogP contribution in [0.2, 0.25) is 0 Å². The Bertz CT molecular complexity index is 592. The molecular weight excluding hydrogens is 258 g/mol. The number of thiazole rings is 1. The normalized spacial score (nSPS) is 10.5. The number of aromatic nitrogens is 1. The summed E-state index contributed by atoms with van der Waals surface area (Å²) in [5.74, 6) is -0.0582. The molecule has 0 spiro atoms. The number of aryl methyl sites for hydroxylation is 2. The number of carbonyl (C=O) groups is 1. The number of carbonyl (C=O) groups excluding carboxylic acids is 1. The molecule has 5 heteroatoms. The van der Waals surface area contributed by atoms with Gasteiger partial charge in [0.05, 0.1) is 12.1 Å². The van der Waals surface area contributed by atoms with Crippen LogP contribution in [0.15, 0.2) is 23.6 Å². The van der Waals surface area contributed by atoms with Gasteiger partial charge in [0.2, 0.25) is 5.91 Å². The minimum absolute atomic E-state index is 0.0582. The van der Waals surface area contributed by atoms with Gasteiger partial charge in [-0.05, 0) is 37.1 Å². The fourth-order valence-corrected chi connectivity index (χ4v) is 2.39. The number of nitrogens with one attached hydrogen (secondary N) is 1. The van der Waals surface area contributed by atoms with Crippen LogP contribution in [0.3, 0.4) is 0 Å². The Morgan fingerprint density at radius 1 is 1.37 bits per heavy atom. The summed E-state index contributed by atoms with van der Waals surface area (Å²) in [6, 6.07) is 5.88. The third-order valence-corrected chi connectivity index (χ3v) is 3.83. The minimum atomic E-state index is -0.0582. The van der Waals surface area contributed by atoms with Crippen molar-refractivity contribution in [1.29, 1.82) is 0 Å². The molecule has 0 unspecified atom stereocenters. The maximum atomic E-state index is 11.9. The lowest BCUT2D eigenvalue weighted by Gasteiger charge is -2.06. The van der Waals surface area contributed by atoms with Gasteiger partial charge in [0.1, 0.15) is 5.01 Å². The molecule has 0 fully saturated rings. The van der Waals surface area contributed by atoms with Gasteiger partial charge in [-0.3, -0.25) is 4.79 Å². The first-order valence-corrected chi connectivity index (χ1v) is 6.97. The summed E-state index contributed by atoms with van der Waals surface area (Å²) in [6.45, 7) is 4.49. The van der Waals surface area contributed by atoms with Crippen LogP contribution in [0, 0.1) is 13.8 Å². The number of amides is 1. The first kappa shape index (κ1) is 13.7. The molecule has 0 radical (unpaired) electrons. The summed E-state index contributed by atoms with van der Waals surface area (Å²) in [6.07, 6.45) is 0.281. The van der Waals surface area contributed by atoms with Gasteiger partial charge in [0.25, 0.3) is 0 Å². The molecule has 2 aromatic rings. The predicted octanol–water partition coefficient (Wildman–Crippen LogP) is 2.40. The number of anilines is 1. The number of rotatable bonds is 4. The van der Waals surface area contributed by atoms with Gasteiger partial charge >= 0.3 is 0 Å². The van der Waals surface area contributed by atoms with E-state index in [1.54, 1.807) is 0 Å².